The van der Waals surface area contributed by atoms with E-state index in [9.17, 15) is 0 Å². The second kappa shape index (κ2) is 6.06. The van der Waals surface area contributed by atoms with Gasteiger partial charge in [-0.2, -0.15) is 0 Å². The van der Waals surface area contributed by atoms with E-state index in [2.05, 4.69) is 51.2 Å². The molecule has 1 aliphatic heterocycles. The van der Waals surface area contributed by atoms with Crippen LogP contribution in [0.4, 0.5) is 0 Å². The summed E-state index contributed by atoms with van der Waals surface area (Å²) in [6.07, 6.45) is 2.33. The molecular weight excluding hydrogens is 234 g/mol. The molecule has 0 saturated carbocycles. The highest BCUT2D eigenvalue weighted by Crippen LogP contribution is 2.30. The van der Waals surface area contributed by atoms with Crippen molar-refractivity contribution in [2.24, 2.45) is 5.41 Å². The van der Waals surface area contributed by atoms with E-state index < -0.39 is 0 Å². The highest BCUT2D eigenvalue weighted by Gasteiger charge is 2.27. The first-order chi connectivity index (χ1) is 9.00. The van der Waals surface area contributed by atoms with Crippen molar-refractivity contribution in [3.8, 4) is 0 Å². The van der Waals surface area contributed by atoms with Crippen LogP contribution in [0.3, 0.4) is 0 Å². The summed E-state index contributed by atoms with van der Waals surface area (Å²) in [5.41, 5.74) is 4.54. The molecule has 19 heavy (non-hydrogen) atoms. The van der Waals surface area contributed by atoms with Crippen molar-refractivity contribution in [3.63, 3.8) is 0 Å². The Morgan fingerprint density at radius 2 is 1.95 bits per heavy atom. The van der Waals surface area contributed by atoms with Crippen molar-refractivity contribution in [1.29, 1.82) is 0 Å². The predicted molar refractivity (Wildman–Crippen MR) is 80.5 cm³/mol. The zero-order chi connectivity index (χ0) is 13.9. The molecule has 2 nitrogen and oxygen atoms in total. The molecule has 1 unspecified atom stereocenters. The second-order valence-corrected chi connectivity index (χ2v) is 6.39. The van der Waals surface area contributed by atoms with Gasteiger partial charge < -0.3 is 10.1 Å². The number of ether oxygens (including phenoxy) is 1. The largest absolute Gasteiger partial charge is 0.381 e. The van der Waals surface area contributed by atoms with Gasteiger partial charge in [-0.05, 0) is 50.2 Å². The topological polar surface area (TPSA) is 21.3 Å². The lowest BCUT2D eigenvalue weighted by Crippen LogP contribution is -2.37. The SMILES string of the molecule is Cc1ccc(C)c(C(C)NCC2(C)CCOCC2)c1. The zero-order valence-corrected chi connectivity index (χ0v) is 12.8. The van der Waals surface area contributed by atoms with E-state index in [0.29, 0.717) is 11.5 Å². The number of rotatable bonds is 4. The summed E-state index contributed by atoms with van der Waals surface area (Å²) in [5, 5.41) is 3.72. The molecule has 0 spiro atoms. The Morgan fingerprint density at radius 3 is 2.63 bits per heavy atom. The summed E-state index contributed by atoms with van der Waals surface area (Å²) in [6.45, 7) is 11.9. The summed E-state index contributed by atoms with van der Waals surface area (Å²) in [4.78, 5) is 0. The first-order valence-corrected chi connectivity index (χ1v) is 7.38. The van der Waals surface area contributed by atoms with E-state index >= 15 is 0 Å². The van der Waals surface area contributed by atoms with Gasteiger partial charge in [0.25, 0.3) is 0 Å². The van der Waals surface area contributed by atoms with Crippen molar-refractivity contribution in [3.05, 3.63) is 34.9 Å². The molecule has 1 atom stereocenters. The van der Waals surface area contributed by atoms with Crippen LogP contribution in [-0.2, 0) is 4.74 Å². The summed E-state index contributed by atoms with van der Waals surface area (Å²) >= 11 is 0. The summed E-state index contributed by atoms with van der Waals surface area (Å²) in [7, 11) is 0. The molecule has 1 aromatic rings. The molecule has 1 saturated heterocycles. The smallest absolute Gasteiger partial charge is 0.0471 e. The van der Waals surface area contributed by atoms with Gasteiger partial charge >= 0.3 is 0 Å². The first kappa shape index (κ1) is 14.5. The zero-order valence-electron chi connectivity index (χ0n) is 12.8. The Kier molecular flexibility index (Phi) is 4.64. The average Bonchev–Trinajstić information content (AvgIpc) is 2.40. The third-order valence-corrected chi connectivity index (χ3v) is 4.44. The van der Waals surface area contributed by atoms with Gasteiger partial charge in [0, 0.05) is 25.8 Å². The summed E-state index contributed by atoms with van der Waals surface area (Å²) in [5.74, 6) is 0. The minimum absolute atomic E-state index is 0.393. The normalized spacial score (nSPS) is 20.2. The van der Waals surface area contributed by atoms with Gasteiger partial charge in [-0.15, -0.1) is 0 Å². The molecule has 1 aliphatic rings. The highest BCUT2D eigenvalue weighted by atomic mass is 16.5. The molecule has 1 fully saturated rings. The minimum Gasteiger partial charge on any atom is -0.381 e. The number of hydrogen-bond donors (Lipinski definition) is 1. The molecule has 2 heteroatoms. The molecule has 2 rings (SSSR count). The fourth-order valence-electron chi connectivity index (χ4n) is 2.78. The second-order valence-electron chi connectivity index (χ2n) is 6.39. The van der Waals surface area contributed by atoms with Gasteiger partial charge in [0.05, 0.1) is 0 Å². The van der Waals surface area contributed by atoms with Crippen LogP contribution in [-0.4, -0.2) is 19.8 Å². The quantitative estimate of drug-likeness (QED) is 0.891. The van der Waals surface area contributed by atoms with Crippen LogP contribution in [0.25, 0.3) is 0 Å². The third-order valence-electron chi connectivity index (χ3n) is 4.44. The van der Waals surface area contributed by atoms with Gasteiger partial charge in [0.2, 0.25) is 0 Å². The fourth-order valence-corrected chi connectivity index (χ4v) is 2.78. The third kappa shape index (κ3) is 3.80. The average molecular weight is 261 g/mol. The van der Waals surface area contributed by atoms with Gasteiger partial charge in [0.15, 0.2) is 0 Å². The molecular formula is C17H27NO. The number of benzene rings is 1. The lowest BCUT2D eigenvalue weighted by atomic mass is 9.82. The molecule has 0 amide bonds. The lowest BCUT2D eigenvalue weighted by Gasteiger charge is -2.35. The van der Waals surface area contributed by atoms with Crippen molar-refractivity contribution in [2.75, 3.05) is 19.8 Å². The summed E-state index contributed by atoms with van der Waals surface area (Å²) < 4.78 is 5.46. The van der Waals surface area contributed by atoms with E-state index in [1.807, 2.05) is 0 Å². The van der Waals surface area contributed by atoms with Crippen LogP contribution in [0.5, 0.6) is 0 Å². The standard InChI is InChI=1S/C17H27NO/c1-13-5-6-14(2)16(11-13)15(3)18-12-17(4)7-9-19-10-8-17/h5-6,11,15,18H,7-10,12H2,1-4H3. The van der Waals surface area contributed by atoms with Gasteiger partial charge in [-0.25, -0.2) is 0 Å². The van der Waals surface area contributed by atoms with Crippen LogP contribution in [0.2, 0.25) is 0 Å². The van der Waals surface area contributed by atoms with Crippen molar-refractivity contribution >= 4 is 0 Å². The Balaban J connectivity index is 1.97. The van der Waals surface area contributed by atoms with E-state index in [-0.39, 0.29) is 0 Å². The maximum Gasteiger partial charge on any atom is 0.0471 e. The molecule has 1 aromatic carbocycles. The molecule has 0 aliphatic carbocycles. The van der Waals surface area contributed by atoms with Crippen LogP contribution < -0.4 is 5.32 Å². The number of hydrogen-bond acceptors (Lipinski definition) is 2. The molecule has 0 radical (unpaired) electrons. The lowest BCUT2D eigenvalue weighted by molar-refractivity contribution is 0.0231. The Morgan fingerprint density at radius 1 is 1.26 bits per heavy atom. The van der Waals surface area contributed by atoms with Crippen LogP contribution in [0.1, 0.15) is 49.4 Å². The van der Waals surface area contributed by atoms with E-state index in [1.165, 1.54) is 29.5 Å². The van der Waals surface area contributed by atoms with Crippen molar-refractivity contribution in [2.45, 2.75) is 46.6 Å². The maximum atomic E-state index is 5.46. The molecule has 0 aromatic heterocycles. The van der Waals surface area contributed by atoms with Crippen LogP contribution in [0, 0.1) is 19.3 Å². The predicted octanol–water partition coefficient (Wildman–Crippen LogP) is 3.77. The van der Waals surface area contributed by atoms with Crippen molar-refractivity contribution in [1.82, 2.24) is 5.32 Å². The van der Waals surface area contributed by atoms with Gasteiger partial charge in [-0.1, -0.05) is 30.7 Å². The monoisotopic (exact) mass is 261 g/mol. The summed E-state index contributed by atoms with van der Waals surface area (Å²) in [6, 6.07) is 7.13. The number of aryl methyl sites for hydroxylation is 2. The first-order valence-electron chi connectivity index (χ1n) is 7.38. The van der Waals surface area contributed by atoms with E-state index in [4.69, 9.17) is 4.74 Å². The van der Waals surface area contributed by atoms with Crippen molar-refractivity contribution < 1.29 is 4.74 Å². The highest BCUT2D eigenvalue weighted by molar-refractivity contribution is 5.32. The van der Waals surface area contributed by atoms with E-state index in [1.54, 1.807) is 0 Å². The minimum atomic E-state index is 0.393. The van der Waals surface area contributed by atoms with Gasteiger partial charge in [0.1, 0.15) is 0 Å². The molecule has 1 heterocycles. The van der Waals surface area contributed by atoms with Crippen LogP contribution >= 0.6 is 0 Å². The molecule has 0 bridgehead atoms. The van der Waals surface area contributed by atoms with Crippen LogP contribution in [0.15, 0.2) is 18.2 Å². The number of nitrogens with one attached hydrogen (secondary N) is 1. The fraction of sp³-hybridized carbons (Fsp3) is 0.647. The molecule has 106 valence electrons. The van der Waals surface area contributed by atoms with Gasteiger partial charge in [-0.3, -0.25) is 0 Å². The molecule has 1 N–H and O–H groups in total. The van der Waals surface area contributed by atoms with E-state index in [0.717, 1.165) is 19.8 Å². The Hall–Kier alpha value is -0.860. The maximum absolute atomic E-state index is 5.46. The Labute approximate surface area is 117 Å². The Bertz CT molecular complexity index is 421.